The van der Waals surface area contributed by atoms with E-state index in [1.165, 1.54) is 0 Å². The van der Waals surface area contributed by atoms with E-state index in [1.54, 1.807) is 6.20 Å². The molecule has 1 rings (SSSR count). The van der Waals surface area contributed by atoms with Crippen LogP contribution < -0.4 is 5.32 Å². The van der Waals surface area contributed by atoms with E-state index in [0.717, 1.165) is 3.57 Å². The second-order valence-corrected chi connectivity index (χ2v) is 5.58. The maximum atomic E-state index is 11.8. The molecule has 0 amide bonds. The lowest BCUT2D eigenvalue weighted by atomic mass is 10.2. The van der Waals surface area contributed by atoms with Gasteiger partial charge in [-0.3, -0.25) is 9.48 Å². The predicted molar refractivity (Wildman–Crippen MR) is 78.3 cm³/mol. The average Bonchev–Trinajstić information content (AvgIpc) is 2.70. The molecule has 5 nitrogen and oxygen atoms in total. The van der Waals surface area contributed by atoms with Gasteiger partial charge in [0.25, 0.3) is 0 Å². The Kier molecular flexibility index (Phi) is 6.62. The Morgan fingerprint density at radius 1 is 1.61 bits per heavy atom. The van der Waals surface area contributed by atoms with Crippen LogP contribution in [0.1, 0.15) is 27.2 Å². The molecule has 0 saturated carbocycles. The molecular weight excluding hydrogens is 345 g/mol. The normalized spacial score (nSPS) is 12.7. The Labute approximate surface area is 121 Å². The number of nitrogens with one attached hydrogen (secondary N) is 1. The highest BCUT2D eigenvalue weighted by Crippen LogP contribution is 2.05. The van der Waals surface area contributed by atoms with Crippen LogP contribution in [0.3, 0.4) is 0 Å². The van der Waals surface area contributed by atoms with Crippen molar-refractivity contribution in [1.29, 1.82) is 0 Å². The van der Waals surface area contributed by atoms with E-state index < -0.39 is 0 Å². The molecule has 0 aliphatic carbocycles. The largest absolute Gasteiger partial charge is 0.465 e. The van der Waals surface area contributed by atoms with E-state index in [4.69, 9.17) is 4.74 Å². The summed E-state index contributed by atoms with van der Waals surface area (Å²) in [4.78, 5) is 11.8. The van der Waals surface area contributed by atoms with Crippen molar-refractivity contribution < 1.29 is 9.53 Å². The lowest BCUT2D eigenvalue weighted by Gasteiger charge is -2.19. The fourth-order valence-electron chi connectivity index (χ4n) is 1.64. The summed E-state index contributed by atoms with van der Waals surface area (Å²) < 4.78 is 8.00. The van der Waals surface area contributed by atoms with E-state index in [2.05, 4.69) is 33.0 Å². The van der Waals surface area contributed by atoms with Gasteiger partial charge in [-0.15, -0.1) is 0 Å². The molecule has 6 heteroatoms. The van der Waals surface area contributed by atoms with Crippen LogP contribution in [0.2, 0.25) is 0 Å². The van der Waals surface area contributed by atoms with Crippen molar-refractivity contribution in [3.05, 3.63) is 16.0 Å². The Morgan fingerprint density at radius 3 is 2.83 bits per heavy atom. The molecule has 1 unspecified atom stereocenters. The lowest BCUT2D eigenvalue weighted by molar-refractivity contribution is -0.146. The number of carbonyl (C=O) groups excluding carboxylic acids is 1. The lowest BCUT2D eigenvalue weighted by Crippen LogP contribution is -2.42. The van der Waals surface area contributed by atoms with Crippen molar-refractivity contribution in [2.75, 3.05) is 6.61 Å². The molecule has 0 aliphatic heterocycles. The third kappa shape index (κ3) is 5.34. The van der Waals surface area contributed by atoms with Crippen LogP contribution >= 0.6 is 22.6 Å². The Balaban J connectivity index is 2.52. The Bertz CT molecular complexity index is 379. The quantitative estimate of drug-likeness (QED) is 0.592. The fraction of sp³-hybridized carbons (Fsp3) is 0.667. The highest BCUT2D eigenvalue weighted by atomic mass is 127. The summed E-state index contributed by atoms with van der Waals surface area (Å²) in [6.07, 6.45) is 4.43. The van der Waals surface area contributed by atoms with Crippen LogP contribution in [0.4, 0.5) is 0 Å². The van der Waals surface area contributed by atoms with Crippen LogP contribution in [-0.4, -0.2) is 34.4 Å². The van der Waals surface area contributed by atoms with Crippen LogP contribution in [0, 0.1) is 3.57 Å². The summed E-state index contributed by atoms with van der Waals surface area (Å²) in [5, 5.41) is 7.43. The van der Waals surface area contributed by atoms with Gasteiger partial charge in [0.2, 0.25) is 0 Å². The SMILES string of the molecule is CCOC(=O)C(CCn1cc(I)cn1)NC(C)C. The van der Waals surface area contributed by atoms with Gasteiger partial charge in [0.1, 0.15) is 6.04 Å². The molecule has 0 radical (unpaired) electrons. The maximum Gasteiger partial charge on any atom is 0.323 e. The number of nitrogens with zero attached hydrogens (tertiary/aromatic N) is 2. The van der Waals surface area contributed by atoms with Gasteiger partial charge in [-0.1, -0.05) is 13.8 Å². The number of rotatable bonds is 7. The van der Waals surface area contributed by atoms with Gasteiger partial charge in [-0.2, -0.15) is 5.10 Å². The maximum absolute atomic E-state index is 11.8. The monoisotopic (exact) mass is 365 g/mol. The van der Waals surface area contributed by atoms with E-state index in [0.29, 0.717) is 19.6 Å². The minimum Gasteiger partial charge on any atom is -0.465 e. The number of hydrogen-bond acceptors (Lipinski definition) is 4. The molecule has 1 N–H and O–H groups in total. The second kappa shape index (κ2) is 7.73. The zero-order valence-corrected chi connectivity index (χ0v) is 13.2. The summed E-state index contributed by atoms with van der Waals surface area (Å²) in [6.45, 7) is 6.97. The minimum absolute atomic E-state index is 0.187. The van der Waals surface area contributed by atoms with E-state index in [-0.39, 0.29) is 18.1 Å². The molecule has 0 aromatic carbocycles. The number of esters is 1. The van der Waals surface area contributed by atoms with Gasteiger partial charge in [-0.25, -0.2) is 0 Å². The summed E-state index contributed by atoms with van der Waals surface area (Å²) in [5.41, 5.74) is 0. The number of hydrogen-bond donors (Lipinski definition) is 1. The molecule has 1 aromatic heterocycles. The summed E-state index contributed by atoms with van der Waals surface area (Å²) >= 11 is 2.21. The molecule has 0 saturated heterocycles. The smallest absolute Gasteiger partial charge is 0.323 e. The molecule has 18 heavy (non-hydrogen) atoms. The molecular formula is C12H20IN3O2. The molecule has 0 aliphatic rings. The van der Waals surface area contributed by atoms with Crippen molar-refractivity contribution in [2.45, 2.75) is 45.8 Å². The zero-order valence-electron chi connectivity index (χ0n) is 11.0. The number of carbonyl (C=O) groups is 1. The van der Waals surface area contributed by atoms with E-state index in [1.807, 2.05) is 31.6 Å². The molecule has 0 bridgehead atoms. The van der Waals surface area contributed by atoms with Crippen molar-refractivity contribution in [2.24, 2.45) is 0 Å². The molecule has 1 heterocycles. The standard InChI is InChI=1S/C12H20IN3O2/c1-4-18-12(17)11(15-9(2)3)5-6-16-8-10(13)7-14-16/h7-9,11,15H,4-6H2,1-3H3. The first kappa shape index (κ1) is 15.4. The molecule has 1 aromatic rings. The minimum atomic E-state index is -0.271. The van der Waals surface area contributed by atoms with Crippen molar-refractivity contribution in [3.8, 4) is 0 Å². The molecule has 0 spiro atoms. The van der Waals surface area contributed by atoms with Crippen molar-refractivity contribution >= 4 is 28.6 Å². The van der Waals surface area contributed by atoms with Crippen LogP contribution in [0.5, 0.6) is 0 Å². The third-order valence-corrected chi connectivity index (χ3v) is 2.91. The third-order valence-electron chi connectivity index (χ3n) is 2.35. The summed E-state index contributed by atoms with van der Waals surface area (Å²) in [7, 11) is 0. The van der Waals surface area contributed by atoms with Crippen LogP contribution in [0.25, 0.3) is 0 Å². The number of aryl methyl sites for hydroxylation is 1. The summed E-state index contributed by atoms with van der Waals surface area (Å²) in [6, 6.07) is -0.0241. The van der Waals surface area contributed by atoms with Gasteiger partial charge in [-0.05, 0) is 35.9 Å². The highest BCUT2D eigenvalue weighted by Gasteiger charge is 2.20. The number of ether oxygens (including phenoxy) is 1. The van der Waals surface area contributed by atoms with E-state index >= 15 is 0 Å². The number of halogens is 1. The highest BCUT2D eigenvalue weighted by molar-refractivity contribution is 14.1. The van der Waals surface area contributed by atoms with Gasteiger partial charge in [0, 0.05) is 18.8 Å². The van der Waals surface area contributed by atoms with Crippen molar-refractivity contribution in [3.63, 3.8) is 0 Å². The first-order valence-electron chi connectivity index (χ1n) is 6.13. The average molecular weight is 365 g/mol. The fourth-order valence-corrected chi connectivity index (χ4v) is 2.08. The predicted octanol–water partition coefficient (Wildman–Crippen LogP) is 1.81. The first-order valence-corrected chi connectivity index (χ1v) is 7.21. The topological polar surface area (TPSA) is 56.2 Å². The van der Waals surface area contributed by atoms with Gasteiger partial charge in [0.05, 0.1) is 16.4 Å². The van der Waals surface area contributed by atoms with Gasteiger partial charge < -0.3 is 10.1 Å². The summed E-state index contributed by atoms with van der Waals surface area (Å²) in [5.74, 6) is -0.187. The van der Waals surface area contributed by atoms with Gasteiger partial charge in [0.15, 0.2) is 0 Å². The van der Waals surface area contributed by atoms with Crippen LogP contribution in [-0.2, 0) is 16.1 Å². The Hall–Kier alpha value is -0.630. The van der Waals surface area contributed by atoms with Crippen LogP contribution in [0.15, 0.2) is 12.4 Å². The van der Waals surface area contributed by atoms with Gasteiger partial charge >= 0.3 is 5.97 Å². The zero-order chi connectivity index (χ0) is 13.5. The van der Waals surface area contributed by atoms with E-state index in [9.17, 15) is 4.79 Å². The molecule has 0 fully saturated rings. The second-order valence-electron chi connectivity index (χ2n) is 4.34. The first-order chi connectivity index (χ1) is 8.52. The van der Waals surface area contributed by atoms with Crippen molar-refractivity contribution in [1.82, 2.24) is 15.1 Å². The Morgan fingerprint density at radius 2 is 2.33 bits per heavy atom. The molecule has 102 valence electrons. The number of aromatic nitrogens is 2. The molecule has 1 atom stereocenters.